The second-order valence-electron chi connectivity index (χ2n) is 2.99. The van der Waals surface area contributed by atoms with Gasteiger partial charge in [-0.15, -0.1) is 11.3 Å². The Balaban J connectivity index is 2.34. The van der Waals surface area contributed by atoms with E-state index < -0.39 is 0 Å². The lowest BCUT2D eigenvalue weighted by Crippen LogP contribution is -2.01. The van der Waals surface area contributed by atoms with E-state index in [2.05, 4.69) is 4.98 Å². The molecule has 0 aliphatic carbocycles. The van der Waals surface area contributed by atoms with Gasteiger partial charge in [0.1, 0.15) is 5.69 Å². The first kappa shape index (κ1) is 9.09. The van der Waals surface area contributed by atoms with Crippen LogP contribution in [0, 0.1) is 6.92 Å². The van der Waals surface area contributed by atoms with Gasteiger partial charge in [0.25, 0.3) is 0 Å². The van der Waals surface area contributed by atoms with Crippen molar-refractivity contribution in [1.82, 2.24) is 4.98 Å². The van der Waals surface area contributed by atoms with E-state index in [1.54, 1.807) is 29.7 Å². The van der Waals surface area contributed by atoms with Crippen LogP contribution in [-0.2, 0) is 0 Å². The van der Waals surface area contributed by atoms with E-state index in [4.69, 9.17) is 0 Å². The highest BCUT2D eigenvalue weighted by molar-refractivity contribution is 7.10. The van der Waals surface area contributed by atoms with Crippen molar-refractivity contribution >= 4 is 17.1 Å². The maximum absolute atomic E-state index is 11.8. The fraction of sp³-hybridized carbons (Fsp3) is 0.0909. The summed E-state index contributed by atoms with van der Waals surface area (Å²) in [5.74, 6) is -0.00468. The van der Waals surface area contributed by atoms with E-state index in [0.717, 1.165) is 10.4 Å². The summed E-state index contributed by atoms with van der Waals surface area (Å²) >= 11 is 1.58. The number of hydrogen-bond donors (Lipinski definition) is 0. The lowest BCUT2D eigenvalue weighted by molar-refractivity contribution is 0.103. The topological polar surface area (TPSA) is 30.0 Å². The number of thiophene rings is 1. The summed E-state index contributed by atoms with van der Waals surface area (Å²) in [6.07, 6.45) is 1.63. The van der Waals surface area contributed by atoms with Crippen LogP contribution in [0.1, 0.15) is 20.9 Å². The third-order valence-corrected chi connectivity index (χ3v) is 2.75. The van der Waals surface area contributed by atoms with Crippen LogP contribution in [-0.4, -0.2) is 10.8 Å². The molecule has 2 aromatic rings. The first-order valence-corrected chi connectivity index (χ1v) is 5.16. The molecule has 14 heavy (non-hydrogen) atoms. The first-order chi connectivity index (χ1) is 6.77. The molecule has 0 saturated heterocycles. The van der Waals surface area contributed by atoms with E-state index in [0.29, 0.717) is 5.69 Å². The summed E-state index contributed by atoms with van der Waals surface area (Å²) in [5.41, 5.74) is 1.23. The van der Waals surface area contributed by atoms with Gasteiger partial charge >= 0.3 is 0 Å². The van der Waals surface area contributed by atoms with E-state index in [-0.39, 0.29) is 5.78 Å². The molecule has 0 amide bonds. The number of aryl methyl sites for hydroxylation is 1. The standard InChI is InChI=1S/C11H9NOS/c1-8-6-9(7-14-8)11(13)10-4-2-3-5-12-10/h2-7H,1H3. The molecule has 2 heterocycles. The van der Waals surface area contributed by atoms with Gasteiger partial charge in [-0.1, -0.05) is 6.07 Å². The smallest absolute Gasteiger partial charge is 0.212 e. The molecule has 2 rings (SSSR count). The molecule has 2 nitrogen and oxygen atoms in total. The van der Waals surface area contributed by atoms with Crippen LogP contribution in [0.3, 0.4) is 0 Å². The molecule has 0 atom stereocenters. The maximum Gasteiger partial charge on any atom is 0.212 e. The van der Waals surface area contributed by atoms with Crippen molar-refractivity contribution in [2.45, 2.75) is 6.92 Å². The molecule has 70 valence electrons. The summed E-state index contributed by atoms with van der Waals surface area (Å²) in [6, 6.07) is 7.24. The van der Waals surface area contributed by atoms with Crippen molar-refractivity contribution in [3.8, 4) is 0 Å². The molecule has 0 fully saturated rings. The lowest BCUT2D eigenvalue weighted by Gasteiger charge is -1.95. The molecular weight excluding hydrogens is 194 g/mol. The van der Waals surface area contributed by atoms with Crippen LogP contribution in [0.15, 0.2) is 35.8 Å². The number of rotatable bonds is 2. The van der Waals surface area contributed by atoms with Gasteiger partial charge in [-0.2, -0.15) is 0 Å². The highest BCUT2D eigenvalue weighted by atomic mass is 32.1. The Hall–Kier alpha value is -1.48. The van der Waals surface area contributed by atoms with Crippen LogP contribution in [0.25, 0.3) is 0 Å². The van der Waals surface area contributed by atoms with Gasteiger partial charge in [-0.25, -0.2) is 0 Å². The van der Waals surface area contributed by atoms with Crippen LogP contribution < -0.4 is 0 Å². The van der Waals surface area contributed by atoms with Crippen LogP contribution in [0.5, 0.6) is 0 Å². The van der Waals surface area contributed by atoms with E-state index in [9.17, 15) is 4.79 Å². The average molecular weight is 203 g/mol. The summed E-state index contributed by atoms with van der Waals surface area (Å²) in [5, 5.41) is 1.87. The molecule has 0 aromatic carbocycles. The molecule has 3 heteroatoms. The summed E-state index contributed by atoms with van der Waals surface area (Å²) in [7, 11) is 0. The number of pyridine rings is 1. The van der Waals surface area contributed by atoms with Crippen molar-refractivity contribution in [3.63, 3.8) is 0 Å². The monoisotopic (exact) mass is 203 g/mol. The first-order valence-electron chi connectivity index (χ1n) is 4.28. The van der Waals surface area contributed by atoms with E-state index in [1.807, 2.05) is 24.4 Å². The number of carbonyl (C=O) groups excluding carboxylic acids is 1. The fourth-order valence-electron chi connectivity index (χ4n) is 1.21. The second-order valence-corrected chi connectivity index (χ2v) is 4.11. The largest absolute Gasteiger partial charge is 0.287 e. The van der Waals surface area contributed by atoms with E-state index in [1.165, 1.54) is 0 Å². The minimum Gasteiger partial charge on any atom is -0.287 e. The van der Waals surface area contributed by atoms with Crippen LogP contribution >= 0.6 is 11.3 Å². The van der Waals surface area contributed by atoms with Crippen molar-refractivity contribution in [1.29, 1.82) is 0 Å². The summed E-state index contributed by atoms with van der Waals surface area (Å²) < 4.78 is 0. The van der Waals surface area contributed by atoms with Crippen molar-refractivity contribution in [2.75, 3.05) is 0 Å². The predicted molar refractivity (Wildman–Crippen MR) is 56.7 cm³/mol. The quantitative estimate of drug-likeness (QED) is 0.702. The number of aromatic nitrogens is 1. The molecule has 0 spiro atoms. The molecule has 0 bridgehead atoms. The van der Waals surface area contributed by atoms with E-state index >= 15 is 0 Å². The third-order valence-electron chi connectivity index (χ3n) is 1.89. The zero-order valence-electron chi connectivity index (χ0n) is 7.73. The van der Waals surface area contributed by atoms with Crippen molar-refractivity contribution < 1.29 is 4.79 Å². The molecule has 0 radical (unpaired) electrons. The average Bonchev–Trinajstić information content (AvgIpc) is 2.65. The Kier molecular flexibility index (Phi) is 2.41. The number of ketones is 1. The Morgan fingerprint density at radius 2 is 2.29 bits per heavy atom. The summed E-state index contributed by atoms with van der Waals surface area (Å²) in [6.45, 7) is 1.99. The molecule has 0 saturated carbocycles. The molecule has 0 N–H and O–H groups in total. The number of hydrogen-bond acceptors (Lipinski definition) is 3. The zero-order valence-corrected chi connectivity index (χ0v) is 8.54. The van der Waals surface area contributed by atoms with Crippen molar-refractivity contribution in [2.24, 2.45) is 0 Å². The molecule has 2 aromatic heterocycles. The van der Waals surface area contributed by atoms with Gasteiger partial charge in [0.15, 0.2) is 0 Å². The number of carbonyl (C=O) groups is 1. The van der Waals surface area contributed by atoms with Gasteiger partial charge < -0.3 is 0 Å². The van der Waals surface area contributed by atoms with Crippen LogP contribution in [0.4, 0.5) is 0 Å². The van der Waals surface area contributed by atoms with Crippen molar-refractivity contribution in [3.05, 3.63) is 52.0 Å². The normalized spacial score (nSPS) is 10.1. The molecule has 0 aliphatic heterocycles. The Bertz CT molecular complexity index is 447. The highest BCUT2D eigenvalue weighted by Gasteiger charge is 2.10. The number of nitrogens with zero attached hydrogens (tertiary/aromatic N) is 1. The summed E-state index contributed by atoms with van der Waals surface area (Å²) in [4.78, 5) is 17.0. The minimum atomic E-state index is -0.00468. The Labute approximate surface area is 86.2 Å². The maximum atomic E-state index is 11.8. The molecule has 0 aliphatic rings. The minimum absolute atomic E-state index is 0.00468. The molecular formula is C11H9NOS. The van der Waals surface area contributed by atoms with Crippen LogP contribution in [0.2, 0.25) is 0 Å². The zero-order chi connectivity index (χ0) is 9.97. The third kappa shape index (κ3) is 1.72. The van der Waals surface area contributed by atoms with Gasteiger partial charge in [0.05, 0.1) is 0 Å². The van der Waals surface area contributed by atoms with Gasteiger partial charge in [0.2, 0.25) is 5.78 Å². The second kappa shape index (κ2) is 3.72. The van der Waals surface area contributed by atoms with Gasteiger partial charge in [-0.05, 0) is 25.1 Å². The predicted octanol–water partition coefficient (Wildman–Crippen LogP) is 2.68. The van der Waals surface area contributed by atoms with Gasteiger partial charge in [0, 0.05) is 22.0 Å². The SMILES string of the molecule is Cc1cc(C(=O)c2ccccn2)cs1. The molecule has 0 unspecified atom stereocenters. The Morgan fingerprint density at radius 1 is 1.43 bits per heavy atom. The van der Waals surface area contributed by atoms with Gasteiger partial charge in [-0.3, -0.25) is 9.78 Å². The fourth-order valence-corrected chi connectivity index (χ4v) is 1.89. The lowest BCUT2D eigenvalue weighted by atomic mass is 10.1. The highest BCUT2D eigenvalue weighted by Crippen LogP contribution is 2.15. The Morgan fingerprint density at radius 3 is 2.86 bits per heavy atom.